The fraction of sp³-hybridized carbons (Fsp3) is 0.600. The third-order valence-corrected chi connectivity index (χ3v) is 4.43. The Bertz CT molecular complexity index is 362. The summed E-state index contributed by atoms with van der Waals surface area (Å²) >= 11 is 0. The van der Waals surface area contributed by atoms with Crippen LogP contribution in [0.2, 0.25) is 0 Å². The maximum atomic E-state index is 3.70. The molecule has 0 aromatic heterocycles. The van der Waals surface area contributed by atoms with Crippen molar-refractivity contribution in [1.82, 2.24) is 10.2 Å². The van der Waals surface area contributed by atoms with Crippen molar-refractivity contribution in [2.45, 2.75) is 38.4 Å². The standard InChI is InChI=1S/C15H22N2/c1-12-15-14(8-5-9-16-15)11-17(12)10-13-6-3-2-4-7-13/h2-4,6-7,12,14-16H,5,8-11H2,1H3. The number of likely N-dealkylation sites (tertiary alicyclic amines) is 1. The van der Waals surface area contributed by atoms with Crippen molar-refractivity contribution < 1.29 is 0 Å². The SMILES string of the molecule is CC1C2NCCCC2CN1Cc1ccccc1. The van der Waals surface area contributed by atoms with E-state index in [1.54, 1.807) is 0 Å². The third kappa shape index (κ3) is 2.24. The van der Waals surface area contributed by atoms with Crippen molar-refractivity contribution in [3.63, 3.8) is 0 Å². The second-order valence-electron chi connectivity index (χ2n) is 5.54. The number of benzene rings is 1. The summed E-state index contributed by atoms with van der Waals surface area (Å²) in [6.07, 6.45) is 2.76. The van der Waals surface area contributed by atoms with E-state index in [4.69, 9.17) is 0 Å². The zero-order chi connectivity index (χ0) is 11.7. The van der Waals surface area contributed by atoms with Gasteiger partial charge in [0.05, 0.1) is 0 Å². The van der Waals surface area contributed by atoms with Gasteiger partial charge in [-0.05, 0) is 37.8 Å². The van der Waals surface area contributed by atoms with E-state index in [0.29, 0.717) is 6.04 Å². The van der Waals surface area contributed by atoms with Crippen LogP contribution in [0.5, 0.6) is 0 Å². The molecule has 2 aliphatic heterocycles. The first-order valence-corrected chi connectivity index (χ1v) is 6.86. The van der Waals surface area contributed by atoms with Gasteiger partial charge in [-0.1, -0.05) is 30.3 Å². The molecule has 2 saturated heterocycles. The first-order chi connectivity index (χ1) is 8.34. The Morgan fingerprint density at radius 1 is 1.29 bits per heavy atom. The molecular weight excluding hydrogens is 208 g/mol. The molecule has 1 aromatic carbocycles. The smallest absolute Gasteiger partial charge is 0.0261 e. The fourth-order valence-corrected chi connectivity index (χ4v) is 3.47. The molecule has 1 N–H and O–H groups in total. The number of fused-ring (bicyclic) bond motifs is 1. The molecule has 2 aliphatic rings. The topological polar surface area (TPSA) is 15.3 Å². The molecule has 2 heteroatoms. The maximum Gasteiger partial charge on any atom is 0.0261 e. The summed E-state index contributed by atoms with van der Waals surface area (Å²) in [5.41, 5.74) is 1.44. The molecule has 3 atom stereocenters. The third-order valence-electron chi connectivity index (χ3n) is 4.43. The van der Waals surface area contributed by atoms with Crippen molar-refractivity contribution in [2.75, 3.05) is 13.1 Å². The van der Waals surface area contributed by atoms with E-state index >= 15 is 0 Å². The lowest BCUT2D eigenvalue weighted by Crippen LogP contribution is -2.45. The summed E-state index contributed by atoms with van der Waals surface area (Å²) in [6, 6.07) is 12.3. The molecule has 1 aromatic rings. The van der Waals surface area contributed by atoms with Gasteiger partial charge in [-0.15, -0.1) is 0 Å². The van der Waals surface area contributed by atoms with Gasteiger partial charge in [0, 0.05) is 25.2 Å². The largest absolute Gasteiger partial charge is 0.312 e. The molecule has 3 rings (SSSR count). The number of nitrogens with zero attached hydrogens (tertiary/aromatic N) is 1. The molecule has 2 fully saturated rings. The molecule has 2 nitrogen and oxygen atoms in total. The minimum absolute atomic E-state index is 0.681. The molecule has 0 spiro atoms. The molecule has 0 aliphatic carbocycles. The average Bonchev–Trinajstić information content (AvgIpc) is 2.68. The highest BCUT2D eigenvalue weighted by Crippen LogP contribution is 2.30. The lowest BCUT2D eigenvalue weighted by molar-refractivity contribution is 0.241. The number of nitrogens with one attached hydrogen (secondary N) is 1. The normalized spacial score (nSPS) is 33.6. The molecular formula is C15H22N2. The van der Waals surface area contributed by atoms with E-state index in [1.807, 2.05) is 0 Å². The average molecular weight is 230 g/mol. The van der Waals surface area contributed by atoms with E-state index in [9.17, 15) is 0 Å². The quantitative estimate of drug-likeness (QED) is 0.838. The lowest BCUT2D eigenvalue weighted by atomic mass is 9.91. The van der Waals surface area contributed by atoms with E-state index < -0.39 is 0 Å². The van der Waals surface area contributed by atoms with Crippen LogP contribution in [0.15, 0.2) is 30.3 Å². The van der Waals surface area contributed by atoms with Gasteiger partial charge in [-0.25, -0.2) is 0 Å². The summed E-state index contributed by atoms with van der Waals surface area (Å²) in [5.74, 6) is 0.877. The molecule has 2 heterocycles. The molecule has 0 saturated carbocycles. The summed E-state index contributed by atoms with van der Waals surface area (Å²) < 4.78 is 0. The van der Waals surface area contributed by atoms with Crippen molar-refractivity contribution in [1.29, 1.82) is 0 Å². The van der Waals surface area contributed by atoms with E-state index in [2.05, 4.69) is 47.5 Å². The fourth-order valence-electron chi connectivity index (χ4n) is 3.47. The van der Waals surface area contributed by atoms with Crippen molar-refractivity contribution in [2.24, 2.45) is 5.92 Å². The molecule has 17 heavy (non-hydrogen) atoms. The Balaban J connectivity index is 1.68. The minimum atomic E-state index is 0.681. The summed E-state index contributed by atoms with van der Waals surface area (Å²) in [5, 5.41) is 3.70. The maximum absolute atomic E-state index is 3.70. The van der Waals surface area contributed by atoms with E-state index in [-0.39, 0.29) is 0 Å². The van der Waals surface area contributed by atoms with Gasteiger partial charge in [0.1, 0.15) is 0 Å². The van der Waals surface area contributed by atoms with Crippen LogP contribution < -0.4 is 5.32 Å². The van der Waals surface area contributed by atoms with Crippen LogP contribution in [0.4, 0.5) is 0 Å². The van der Waals surface area contributed by atoms with Crippen LogP contribution in [-0.4, -0.2) is 30.1 Å². The minimum Gasteiger partial charge on any atom is -0.312 e. The molecule has 92 valence electrons. The van der Waals surface area contributed by atoms with E-state index in [1.165, 1.54) is 31.5 Å². The second-order valence-corrected chi connectivity index (χ2v) is 5.54. The number of rotatable bonds is 2. The Labute approximate surface area is 104 Å². The Kier molecular flexibility index (Phi) is 3.17. The summed E-state index contributed by atoms with van der Waals surface area (Å²) in [4.78, 5) is 2.64. The summed E-state index contributed by atoms with van der Waals surface area (Å²) in [6.45, 7) is 5.97. The van der Waals surface area contributed by atoms with Crippen LogP contribution in [-0.2, 0) is 6.54 Å². The predicted molar refractivity (Wildman–Crippen MR) is 70.8 cm³/mol. The predicted octanol–water partition coefficient (Wildman–Crippen LogP) is 2.26. The number of piperidine rings is 1. The summed E-state index contributed by atoms with van der Waals surface area (Å²) in [7, 11) is 0. The van der Waals surface area contributed by atoms with E-state index in [0.717, 1.165) is 18.5 Å². The monoisotopic (exact) mass is 230 g/mol. The van der Waals surface area contributed by atoms with Crippen LogP contribution in [0.3, 0.4) is 0 Å². The second kappa shape index (κ2) is 4.79. The zero-order valence-electron chi connectivity index (χ0n) is 10.6. The highest BCUT2D eigenvalue weighted by Gasteiger charge is 2.39. The van der Waals surface area contributed by atoms with Crippen LogP contribution >= 0.6 is 0 Å². The van der Waals surface area contributed by atoms with Crippen molar-refractivity contribution in [3.05, 3.63) is 35.9 Å². The molecule has 0 bridgehead atoms. The first-order valence-electron chi connectivity index (χ1n) is 6.86. The zero-order valence-corrected chi connectivity index (χ0v) is 10.6. The van der Waals surface area contributed by atoms with Gasteiger partial charge in [0.2, 0.25) is 0 Å². The van der Waals surface area contributed by atoms with Gasteiger partial charge in [-0.3, -0.25) is 4.90 Å². The van der Waals surface area contributed by atoms with Crippen LogP contribution in [0, 0.1) is 5.92 Å². The highest BCUT2D eigenvalue weighted by atomic mass is 15.2. The van der Waals surface area contributed by atoms with Crippen LogP contribution in [0.25, 0.3) is 0 Å². The Hall–Kier alpha value is -0.860. The van der Waals surface area contributed by atoms with Gasteiger partial charge >= 0.3 is 0 Å². The van der Waals surface area contributed by atoms with Gasteiger partial charge in [0.25, 0.3) is 0 Å². The van der Waals surface area contributed by atoms with Crippen molar-refractivity contribution in [3.8, 4) is 0 Å². The van der Waals surface area contributed by atoms with Crippen molar-refractivity contribution >= 4 is 0 Å². The van der Waals surface area contributed by atoms with Gasteiger partial charge < -0.3 is 5.32 Å². The molecule has 0 amide bonds. The Morgan fingerprint density at radius 2 is 2.12 bits per heavy atom. The van der Waals surface area contributed by atoms with Crippen LogP contribution in [0.1, 0.15) is 25.3 Å². The highest BCUT2D eigenvalue weighted by molar-refractivity contribution is 5.15. The Morgan fingerprint density at radius 3 is 2.88 bits per heavy atom. The molecule has 0 radical (unpaired) electrons. The molecule has 3 unspecified atom stereocenters. The van der Waals surface area contributed by atoms with Gasteiger partial charge in [0.15, 0.2) is 0 Å². The number of hydrogen-bond donors (Lipinski definition) is 1. The number of hydrogen-bond acceptors (Lipinski definition) is 2. The first kappa shape index (κ1) is 11.2. The van der Waals surface area contributed by atoms with Gasteiger partial charge in [-0.2, -0.15) is 0 Å². The lowest BCUT2D eigenvalue weighted by Gasteiger charge is -2.29.